The maximum absolute atomic E-state index is 13.0. The van der Waals surface area contributed by atoms with E-state index < -0.39 is 11.7 Å². The molecule has 3 rings (SSSR count). The van der Waals surface area contributed by atoms with Gasteiger partial charge in [0.25, 0.3) is 0 Å². The van der Waals surface area contributed by atoms with Gasteiger partial charge in [0.1, 0.15) is 11.4 Å². The third-order valence-corrected chi connectivity index (χ3v) is 3.94. The van der Waals surface area contributed by atoms with Crippen LogP contribution in [0, 0.1) is 0 Å². The van der Waals surface area contributed by atoms with Crippen molar-refractivity contribution in [2.75, 3.05) is 7.11 Å². The van der Waals surface area contributed by atoms with Crippen molar-refractivity contribution in [2.45, 2.75) is 6.18 Å². The Balaban J connectivity index is 2.12. The first-order chi connectivity index (χ1) is 12.4. The molecule has 0 aliphatic heterocycles. The number of alkyl halides is 3. The van der Waals surface area contributed by atoms with Crippen LogP contribution < -0.4 is 4.74 Å². The van der Waals surface area contributed by atoms with Gasteiger partial charge in [-0.15, -0.1) is 0 Å². The number of nitrogens with zero attached hydrogens (tertiary/aromatic N) is 1. The predicted molar refractivity (Wildman–Crippen MR) is 92.1 cm³/mol. The Bertz CT molecular complexity index is 952. The first-order valence-electron chi connectivity index (χ1n) is 7.69. The average molecular weight is 357 g/mol. The van der Waals surface area contributed by atoms with Crippen LogP contribution in [-0.4, -0.2) is 18.4 Å². The number of aldehydes is 1. The van der Waals surface area contributed by atoms with Crippen LogP contribution in [0.3, 0.4) is 0 Å². The van der Waals surface area contributed by atoms with Gasteiger partial charge in [-0.05, 0) is 53.1 Å². The molecule has 1 aromatic heterocycles. The molecule has 0 fully saturated rings. The second-order valence-electron chi connectivity index (χ2n) is 5.58. The zero-order valence-corrected chi connectivity index (χ0v) is 13.7. The van der Waals surface area contributed by atoms with Crippen LogP contribution in [0.1, 0.15) is 16.1 Å². The third-order valence-electron chi connectivity index (χ3n) is 3.94. The molecule has 0 amide bonds. The number of hydrogen-bond acceptors (Lipinski definition) is 3. The van der Waals surface area contributed by atoms with E-state index in [2.05, 4.69) is 4.98 Å². The molecule has 6 heteroatoms. The fourth-order valence-corrected chi connectivity index (χ4v) is 2.67. The molecule has 0 atom stereocenters. The molecule has 0 N–H and O–H groups in total. The molecular formula is C20H14F3NO2. The van der Waals surface area contributed by atoms with Crippen LogP contribution in [0.4, 0.5) is 13.2 Å². The molecule has 0 aliphatic rings. The van der Waals surface area contributed by atoms with Gasteiger partial charge in [0.05, 0.1) is 12.7 Å². The first-order valence-corrected chi connectivity index (χ1v) is 7.69. The van der Waals surface area contributed by atoms with Crippen molar-refractivity contribution in [3.63, 3.8) is 0 Å². The number of benzene rings is 2. The third kappa shape index (κ3) is 3.59. The number of carbonyl (C=O) groups excluding carboxylic acids is 1. The van der Waals surface area contributed by atoms with Crippen LogP contribution >= 0.6 is 0 Å². The lowest BCUT2D eigenvalue weighted by molar-refractivity contribution is -0.137. The minimum absolute atomic E-state index is 0.258. The van der Waals surface area contributed by atoms with Crippen LogP contribution in [0.15, 0.2) is 60.8 Å². The van der Waals surface area contributed by atoms with Crippen molar-refractivity contribution in [2.24, 2.45) is 0 Å². The number of pyridine rings is 1. The molecule has 3 aromatic rings. The summed E-state index contributed by atoms with van der Waals surface area (Å²) in [6.07, 6.45) is -2.28. The highest BCUT2D eigenvalue weighted by Gasteiger charge is 2.30. The summed E-state index contributed by atoms with van der Waals surface area (Å²) in [7, 11) is 1.50. The van der Waals surface area contributed by atoms with E-state index in [4.69, 9.17) is 4.74 Å². The van der Waals surface area contributed by atoms with E-state index in [9.17, 15) is 18.0 Å². The fourth-order valence-electron chi connectivity index (χ4n) is 2.67. The lowest BCUT2D eigenvalue weighted by Crippen LogP contribution is -2.04. The highest BCUT2D eigenvalue weighted by Crippen LogP contribution is 2.36. The minimum atomic E-state index is -4.41. The largest absolute Gasteiger partial charge is 0.496 e. The molecule has 0 saturated heterocycles. The van der Waals surface area contributed by atoms with Gasteiger partial charge in [-0.2, -0.15) is 13.2 Å². The summed E-state index contributed by atoms with van der Waals surface area (Å²) in [5, 5.41) is 0. The standard InChI is InChI=1S/C20H14F3NO2/c1-26-19-6-5-14(13-3-2-4-16(9-13)20(21,22)23)11-18(19)15-7-8-24-17(10-15)12-25/h2-12H,1H3. The Hall–Kier alpha value is -3.15. The van der Waals surface area contributed by atoms with E-state index in [0.29, 0.717) is 34.3 Å². The van der Waals surface area contributed by atoms with Gasteiger partial charge < -0.3 is 4.74 Å². The van der Waals surface area contributed by atoms with E-state index in [1.165, 1.54) is 19.4 Å². The summed E-state index contributed by atoms with van der Waals surface area (Å²) in [6.45, 7) is 0. The van der Waals surface area contributed by atoms with Gasteiger partial charge in [-0.25, -0.2) is 0 Å². The summed E-state index contributed by atoms with van der Waals surface area (Å²) < 4.78 is 44.3. The van der Waals surface area contributed by atoms with E-state index in [0.717, 1.165) is 12.1 Å². The number of rotatable bonds is 4. The normalized spacial score (nSPS) is 11.2. The summed E-state index contributed by atoms with van der Waals surface area (Å²) >= 11 is 0. The van der Waals surface area contributed by atoms with E-state index in [-0.39, 0.29) is 5.69 Å². The highest BCUT2D eigenvalue weighted by atomic mass is 19.4. The lowest BCUT2D eigenvalue weighted by atomic mass is 9.97. The van der Waals surface area contributed by atoms with Crippen molar-refractivity contribution in [1.82, 2.24) is 4.98 Å². The molecule has 1 heterocycles. The van der Waals surface area contributed by atoms with Gasteiger partial charge in [-0.1, -0.05) is 18.2 Å². The molecule has 3 nitrogen and oxygen atoms in total. The number of hydrogen-bond donors (Lipinski definition) is 0. The van der Waals surface area contributed by atoms with Gasteiger partial charge in [0, 0.05) is 11.8 Å². The quantitative estimate of drug-likeness (QED) is 0.598. The van der Waals surface area contributed by atoms with Gasteiger partial charge >= 0.3 is 6.18 Å². The highest BCUT2D eigenvalue weighted by molar-refractivity contribution is 5.81. The monoisotopic (exact) mass is 357 g/mol. The van der Waals surface area contributed by atoms with Crippen molar-refractivity contribution in [3.8, 4) is 28.0 Å². The molecule has 0 bridgehead atoms. The molecule has 0 saturated carbocycles. The van der Waals surface area contributed by atoms with E-state index in [1.54, 1.807) is 36.4 Å². The summed E-state index contributed by atoms with van der Waals surface area (Å²) in [6, 6.07) is 13.6. The van der Waals surface area contributed by atoms with Gasteiger partial charge in [-0.3, -0.25) is 9.78 Å². The number of aromatic nitrogens is 1. The zero-order valence-electron chi connectivity index (χ0n) is 13.7. The van der Waals surface area contributed by atoms with Crippen molar-refractivity contribution >= 4 is 6.29 Å². The molecule has 0 aliphatic carbocycles. The Morgan fingerprint density at radius 2 is 1.73 bits per heavy atom. The first kappa shape index (κ1) is 17.7. The Kier molecular flexibility index (Phi) is 4.75. The Morgan fingerprint density at radius 3 is 2.42 bits per heavy atom. The van der Waals surface area contributed by atoms with E-state index >= 15 is 0 Å². The molecular weight excluding hydrogens is 343 g/mol. The van der Waals surface area contributed by atoms with Crippen molar-refractivity contribution < 1.29 is 22.7 Å². The fraction of sp³-hybridized carbons (Fsp3) is 0.100. The van der Waals surface area contributed by atoms with Crippen LogP contribution in [0.5, 0.6) is 5.75 Å². The number of carbonyl (C=O) groups is 1. The molecule has 26 heavy (non-hydrogen) atoms. The number of halogens is 3. The predicted octanol–water partition coefficient (Wildman–Crippen LogP) is 5.26. The zero-order chi connectivity index (χ0) is 18.7. The second kappa shape index (κ2) is 7.00. The maximum Gasteiger partial charge on any atom is 0.416 e. The minimum Gasteiger partial charge on any atom is -0.496 e. The SMILES string of the molecule is COc1ccc(-c2cccc(C(F)(F)F)c2)cc1-c1ccnc(C=O)c1. The summed E-state index contributed by atoms with van der Waals surface area (Å²) in [5.74, 6) is 0.545. The van der Waals surface area contributed by atoms with Crippen LogP contribution in [0.25, 0.3) is 22.3 Å². The summed E-state index contributed by atoms with van der Waals surface area (Å²) in [4.78, 5) is 14.9. The Labute approximate surface area is 148 Å². The molecule has 0 radical (unpaired) electrons. The Morgan fingerprint density at radius 1 is 0.962 bits per heavy atom. The van der Waals surface area contributed by atoms with Crippen LogP contribution in [0.2, 0.25) is 0 Å². The molecule has 2 aromatic carbocycles. The average Bonchev–Trinajstić information content (AvgIpc) is 2.67. The number of methoxy groups -OCH3 is 1. The smallest absolute Gasteiger partial charge is 0.416 e. The van der Waals surface area contributed by atoms with Crippen molar-refractivity contribution in [3.05, 3.63) is 72.1 Å². The summed E-state index contributed by atoms with van der Waals surface area (Å²) in [5.41, 5.74) is 1.94. The van der Waals surface area contributed by atoms with Crippen molar-refractivity contribution in [1.29, 1.82) is 0 Å². The molecule has 0 unspecified atom stereocenters. The molecule has 0 spiro atoms. The van der Waals surface area contributed by atoms with Gasteiger partial charge in [0.15, 0.2) is 6.29 Å². The van der Waals surface area contributed by atoms with Crippen LogP contribution in [-0.2, 0) is 6.18 Å². The maximum atomic E-state index is 13.0. The van der Waals surface area contributed by atoms with Gasteiger partial charge in [0.2, 0.25) is 0 Å². The topological polar surface area (TPSA) is 39.2 Å². The lowest BCUT2D eigenvalue weighted by Gasteiger charge is -2.13. The second-order valence-corrected chi connectivity index (χ2v) is 5.58. The number of ether oxygens (including phenoxy) is 1. The van der Waals surface area contributed by atoms with E-state index in [1.807, 2.05) is 0 Å². The molecule has 132 valence electrons.